The van der Waals surface area contributed by atoms with Crippen molar-refractivity contribution in [3.63, 3.8) is 0 Å². The van der Waals surface area contributed by atoms with Crippen LogP contribution in [0.1, 0.15) is 13.8 Å². The van der Waals surface area contributed by atoms with Crippen molar-refractivity contribution in [1.82, 2.24) is 5.48 Å². The first-order valence-corrected chi connectivity index (χ1v) is 2.78. The van der Waals surface area contributed by atoms with E-state index in [0.29, 0.717) is 13.2 Å². The zero-order valence-electron chi connectivity index (χ0n) is 5.39. The first-order valence-electron chi connectivity index (χ1n) is 2.78. The average molecular weight is 118 g/mol. The largest absolute Gasteiger partial charge is 0.354 e. The topological polar surface area (TPSA) is 32.6 Å². The van der Waals surface area contributed by atoms with Crippen LogP contribution in [0, 0.1) is 0 Å². The van der Waals surface area contributed by atoms with Gasteiger partial charge < -0.3 is 4.74 Å². The molecule has 8 heavy (non-hydrogen) atoms. The summed E-state index contributed by atoms with van der Waals surface area (Å²) >= 11 is 0. The number of hydrogen-bond donors (Lipinski definition) is 0. The van der Waals surface area contributed by atoms with Crippen LogP contribution in [0.5, 0.6) is 0 Å². The third kappa shape index (κ3) is 5.88. The third-order valence-electron chi connectivity index (χ3n) is 0.561. The van der Waals surface area contributed by atoms with Gasteiger partial charge in [0, 0.05) is 13.2 Å². The van der Waals surface area contributed by atoms with Crippen LogP contribution in [0.2, 0.25) is 0 Å². The first-order chi connectivity index (χ1) is 3.91. The molecule has 0 aromatic carbocycles. The minimum Gasteiger partial charge on any atom is -0.354 e. The molecule has 1 radical (unpaired) electrons. The molecule has 0 aliphatic heterocycles. The molecule has 0 aliphatic rings. The van der Waals surface area contributed by atoms with Gasteiger partial charge in [-0.15, -0.1) is 0 Å². The van der Waals surface area contributed by atoms with Crippen molar-refractivity contribution in [3.8, 4) is 0 Å². The molecular weight excluding hydrogens is 106 g/mol. The molecule has 0 saturated heterocycles. The minimum atomic E-state index is 0.282. The summed E-state index contributed by atoms with van der Waals surface area (Å²) in [6.45, 7) is 5.47. The fraction of sp³-hybridized carbons (Fsp3) is 1.00. The van der Waals surface area contributed by atoms with Gasteiger partial charge in [0.2, 0.25) is 0 Å². The zero-order valence-corrected chi connectivity index (χ0v) is 5.39. The number of hydrogen-bond acceptors (Lipinski definition) is 2. The van der Waals surface area contributed by atoms with Gasteiger partial charge in [0.05, 0.1) is 0 Å². The fourth-order valence-corrected chi connectivity index (χ4v) is 0.249. The Morgan fingerprint density at radius 3 is 2.62 bits per heavy atom. The van der Waals surface area contributed by atoms with E-state index in [2.05, 4.69) is 10.3 Å². The lowest BCUT2D eigenvalue weighted by molar-refractivity contribution is -0.0985. The molecule has 0 unspecified atom stereocenters. The van der Waals surface area contributed by atoms with Crippen molar-refractivity contribution in [2.24, 2.45) is 0 Å². The highest BCUT2D eigenvalue weighted by atomic mass is 16.7. The van der Waals surface area contributed by atoms with Gasteiger partial charge in [-0.05, 0) is 13.8 Å². The second-order valence-electron chi connectivity index (χ2n) is 1.19. The Hall–Kier alpha value is -0.120. The average Bonchev–Trinajstić information content (AvgIpc) is 1.81. The van der Waals surface area contributed by atoms with E-state index in [9.17, 15) is 0 Å². The number of ether oxygens (including phenoxy) is 1. The van der Waals surface area contributed by atoms with Gasteiger partial charge >= 0.3 is 0 Å². The van der Waals surface area contributed by atoms with Gasteiger partial charge in [-0.2, -0.15) is 0 Å². The summed E-state index contributed by atoms with van der Waals surface area (Å²) in [6.07, 6.45) is 0. The maximum atomic E-state index is 4.82. The predicted octanol–water partition coefficient (Wildman–Crippen LogP) is 0.536. The van der Waals surface area contributed by atoms with Crippen LogP contribution >= 0.6 is 0 Å². The van der Waals surface area contributed by atoms with E-state index in [1.54, 1.807) is 0 Å². The Morgan fingerprint density at radius 1 is 1.38 bits per heavy atom. The minimum absolute atomic E-state index is 0.282. The highest BCUT2D eigenvalue weighted by Crippen LogP contribution is 1.72. The summed E-state index contributed by atoms with van der Waals surface area (Å²) < 4.78 is 4.82. The number of hydroxylamine groups is 1. The van der Waals surface area contributed by atoms with Gasteiger partial charge in [-0.25, -0.2) is 0 Å². The van der Waals surface area contributed by atoms with E-state index in [4.69, 9.17) is 4.74 Å². The van der Waals surface area contributed by atoms with Crippen LogP contribution < -0.4 is 5.48 Å². The van der Waals surface area contributed by atoms with Crippen LogP contribution in [-0.2, 0) is 9.57 Å². The smallest absolute Gasteiger partial charge is 0.168 e. The normalized spacial score (nSPS) is 9.75. The van der Waals surface area contributed by atoms with Crippen molar-refractivity contribution >= 4 is 0 Å². The van der Waals surface area contributed by atoms with Crippen molar-refractivity contribution in [2.45, 2.75) is 13.8 Å². The molecule has 0 amide bonds. The summed E-state index contributed by atoms with van der Waals surface area (Å²) in [5, 5.41) is 0. The van der Waals surface area contributed by atoms with Crippen LogP contribution in [0.15, 0.2) is 0 Å². The zero-order chi connectivity index (χ0) is 6.24. The molecule has 0 bridgehead atoms. The molecule has 0 atom stereocenters. The van der Waals surface area contributed by atoms with Crippen molar-refractivity contribution in [1.29, 1.82) is 0 Å². The molecule has 0 spiro atoms. The summed E-state index contributed by atoms with van der Waals surface area (Å²) in [6, 6.07) is 0. The maximum absolute atomic E-state index is 4.82. The number of nitrogens with zero attached hydrogens (tertiary/aromatic N) is 1. The van der Waals surface area contributed by atoms with Crippen molar-refractivity contribution in [3.05, 3.63) is 0 Å². The second-order valence-corrected chi connectivity index (χ2v) is 1.19. The van der Waals surface area contributed by atoms with E-state index in [-0.39, 0.29) is 6.79 Å². The maximum Gasteiger partial charge on any atom is 0.168 e. The standard InChI is InChI=1S/C5H12NO2/c1-3-6-8-5-7-4-2/h3-5H2,1-2H3. The predicted molar refractivity (Wildman–Crippen MR) is 30.3 cm³/mol. The summed E-state index contributed by atoms with van der Waals surface area (Å²) in [7, 11) is 0. The van der Waals surface area contributed by atoms with Gasteiger partial charge in [0.25, 0.3) is 0 Å². The molecule has 0 heterocycles. The van der Waals surface area contributed by atoms with E-state index < -0.39 is 0 Å². The molecule has 49 valence electrons. The van der Waals surface area contributed by atoms with E-state index in [0.717, 1.165) is 0 Å². The molecule has 3 nitrogen and oxygen atoms in total. The molecule has 0 aliphatic carbocycles. The van der Waals surface area contributed by atoms with E-state index in [1.807, 2.05) is 13.8 Å². The SMILES string of the molecule is CC[N]OCOCC. The van der Waals surface area contributed by atoms with Crippen LogP contribution in [0.25, 0.3) is 0 Å². The van der Waals surface area contributed by atoms with Gasteiger partial charge in [-0.3, -0.25) is 4.84 Å². The van der Waals surface area contributed by atoms with E-state index in [1.165, 1.54) is 0 Å². The molecule has 0 fully saturated rings. The third-order valence-corrected chi connectivity index (χ3v) is 0.561. The van der Waals surface area contributed by atoms with Gasteiger partial charge in [0.1, 0.15) is 0 Å². The molecule has 0 aromatic heterocycles. The lowest BCUT2D eigenvalue weighted by Crippen LogP contribution is -2.08. The van der Waals surface area contributed by atoms with Crippen LogP contribution in [0.4, 0.5) is 0 Å². The quantitative estimate of drug-likeness (QED) is 0.300. The second kappa shape index (κ2) is 6.88. The summed E-state index contributed by atoms with van der Waals surface area (Å²) in [5.41, 5.74) is 3.58. The summed E-state index contributed by atoms with van der Waals surface area (Å²) in [4.78, 5) is 4.63. The van der Waals surface area contributed by atoms with Gasteiger partial charge in [-0.1, -0.05) is 5.48 Å². The van der Waals surface area contributed by atoms with Crippen LogP contribution in [0.3, 0.4) is 0 Å². The molecule has 0 N–H and O–H groups in total. The molecule has 0 rings (SSSR count). The first kappa shape index (κ1) is 7.88. The number of rotatable bonds is 5. The van der Waals surface area contributed by atoms with Crippen LogP contribution in [-0.4, -0.2) is 19.9 Å². The highest BCUT2D eigenvalue weighted by Gasteiger charge is 1.81. The lowest BCUT2D eigenvalue weighted by atomic mass is 10.8. The Morgan fingerprint density at radius 2 is 2.12 bits per heavy atom. The lowest BCUT2D eigenvalue weighted by Gasteiger charge is -1.98. The molecule has 0 aromatic rings. The highest BCUT2D eigenvalue weighted by molar-refractivity contribution is 4.11. The Bertz CT molecular complexity index is 35.4. The Kier molecular flexibility index (Phi) is 6.78. The van der Waals surface area contributed by atoms with E-state index >= 15 is 0 Å². The van der Waals surface area contributed by atoms with Gasteiger partial charge in [0.15, 0.2) is 6.79 Å². The molecule has 0 saturated carbocycles. The molecular formula is C5H12NO2. The summed E-state index contributed by atoms with van der Waals surface area (Å²) in [5.74, 6) is 0. The fourth-order valence-electron chi connectivity index (χ4n) is 0.249. The monoisotopic (exact) mass is 118 g/mol. The Labute approximate surface area is 49.9 Å². The Balaban J connectivity index is 2.53. The van der Waals surface area contributed by atoms with Crippen molar-refractivity contribution in [2.75, 3.05) is 19.9 Å². The molecule has 3 heteroatoms. The van der Waals surface area contributed by atoms with Crippen molar-refractivity contribution < 1.29 is 9.57 Å².